The molecule has 1 heterocycles. The lowest BCUT2D eigenvalue weighted by atomic mass is 10.1. The molecule has 0 aromatic heterocycles. The van der Waals surface area contributed by atoms with Gasteiger partial charge in [0.1, 0.15) is 0 Å². The van der Waals surface area contributed by atoms with E-state index in [-0.39, 0.29) is 30.6 Å². The first kappa shape index (κ1) is 24.1. The van der Waals surface area contributed by atoms with E-state index >= 15 is 0 Å². The van der Waals surface area contributed by atoms with Crippen LogP contribution in [-0.4, -0.2) is 65.7 Å². The largest absolute Gasteiger partial charge is 0.465 e. The first-order chi connectivity index (χ1) is 11.0. The highest BCUT2D eigenvalue weighted by Crippen LogP contribution is 2.09. The topological polar surface area (TPSA) is 87.7 Å². The molecule has 0 unspecified atom stereocenters. The molecule has 1 fully saturated rings. The lowest BCUT2D eigenvalue weighted by molar-refractivity contribution is 0.0600. The zero-order valence-electron chi connectivity index (χ0n) is 14.1. The van der Waals surface area contributed by atoms with Gasteiger partial charge < -0.3 is 10.1 Å². The molecule has 10 heteroatoms. The third kappa shape index (κ3) is 8.35. The van der Waals surface area contributed by atoms with Crippen molar-refractivity contribution in [3.8, 4) is 0 Å². The fourth-order valence-corrected chi connectivity index (χ4v) is 3.59. The van der Waals surface area contributed by atoms with E-state index in [2.05, 4.69) is 19.7 Å². The molecule has 1 aliphatic rings. The summed E-state index contributed by atoms with van der Waals surface area (Å²) in [6, 6.07) is 6.47. The number of carbonyl (C=O) groups is 1. The third-order valence-electron chi connectivity index (χ3n) is 3.66. The number of esters is 1. The molecular formula is C15H25Cl2N3O4S. The van der Waals surface area contributed by atoms with Crippen LogP contribution in [0.15, 0.2) is 24.3 Å². The Balaban J connectivity index is 0.00000288. The summed E-state index contributed by atoms with van der Waals surface area (Å²) in [4.78, 5) is 13.7. The smallest absolute Gasteiger partial charge is 0.337 e. The fraction of sp³-hybridized carbons (Fsp3) is 0.533. The molecular weight excluding hydrogens is 389 g/mol. The highest BCUT2D eigenvalue weighted by molar-refractivity contribution is 7.88. The molecule has 0 aliphatic carbocycles. The van der Waals surface area contributed by atoms with E-state index in [0.717, 1.165) is 26.2 Å². The molecule has 2 rings (SSSR count). The average Bonchev–Trinajstić information content (AvgIpc) is 2.54. The number of hydrogen-bond donors (Lipinski definition) is 2. The number of nitrogens with zero attached hydrogens (tertiary/aromatic N) is 1. The summed E-state index contributed by atoms with van der Waals surface area (Å²) in [5.41, 5.74) is 0.906. The minimum atomic E-state index is -3.43. The number of hydrogen-bond acceptors (Lipinski definition) is 6. The molecule has 0 amide bonds. The van der Waals surface area contributed by atoms with Crippen LogP contribution < -0.4 is 10.0 Å². The van der Waals surface area contributed by atoms with Gasteiger partial charge in [0.25, 0.3) is 0 Å². The van der Waals surface area contributed by atoms with Gasteiger partial charge in [-0.05, 0) is 17.7 Å². The van der Waals surface area contributed by atoms with Gasteiger partial charge in [0, 0.05) is 39.3 Å². The van der Waals surface area contributed by atoms with Crippen LogP contribution >= 0.6 is 24.8 Å². The number of nitrogens with one attached hydrogen (secondary N) is 2. The van der Waals surface area contributed by atoms with Crippen molar-refractivity contribution in [3.63, 3.8) is 0 Å². The Morgan fingerprint density at radius 1 is 1.28 bits per heavy atom. The summed E-state index contributed by atoms with van der Waals surface area (Å²) in [6.07, 6.45) is 0. The average molecular weight is 414 g/mol. The molecule has 0 radical (unpaired) electrons. The Morgan fingerprint density at radius 3 is 2.60 bits per heavy atom. The van der Waals surface area contributed by atoms with Crippen LogP contribution in [0.1, 0.15) is 15.9 Å². The summed E-state index contributed by atoms with van der Waals surface area (Å²) in [5, 5.41) is 3.26. The second-order valence-electron chi connectivity index (χ2n) is 5.44. The summed E-state index contributed by atoms with van der Waals surface area (Å²) < 4.78 is 31.5. The van der Waals surface area contributed by atoms with Crippen LogP contribution in [0.2, 0.25) is 0 Å². The molecule has 1 aromatic carbocycles. The Labute approximate surface area is 161 Å². The SMILES string of the molecule is COC(=O)c1cccc(CS(=O)(=O)NCCN2CCNCC2)c1.Cl.Cl. The Hall–Kier alpha value is -0.900. The zero-order valence-corrected chi connectivity index (χ0v) is 16.5. The molecule has 0 saturated carbocycles. The predicted octanol–water partition coefficient (Wildman–Crippen LogP) is 0.641. The van der Waals surface area contributed by atoms with E-state index < -0.39 is 16.0 Å². The maximum atomic E-state index is 12.1. The van der Waals surface area contributed by atoms with Crippen molar-refractivity contribution in [1.82, 2.24) is 14.9 Å². The minimum absolute atomic E-state index is 0. The maximum absolute atomic E-state index is 12.1. The molecule has 1 aromatic rings. The van der Waals surface area contributed by atoms with Crippen LogP contribution in [0.25, 0.3) is 0 Å². The predicted molar refractivity (Wildman–Crippen MR) is 102 cm³/mol. The molecule has 144 valence electrons. The first-order valence-electron chi connectivity index (χ1n) is 7.58. The van der Waals surface area contributed by atoms with Crippen molar-refractivity contribution in [2.45, 2.75) is 5.75 Å². The van der Waals surface area contributed by atoms with E-state index in [9.17, 15) is 13.2 Å². The molecule has 2 N–H and O–H groups in total. The molecule has 0 spiro atoms. The number of carbonyl (C=O) groups excluding carboxylic acids is 1. The van der Waals surface area contributed by atoms with Gasteiger partial charge in [0.2, 0.25) is 10.0 Å². The lowest BCUT2D eigenvalue weighted by Crippen LogP contribution is -2.46. The van der Waals surface area contributed by atoms with Gasteiger partial charge >= 0.3 is 5.97 Å². The standard InChI is InChI=1S/C15H23N3O4S.2ClH/c1-22-15(19)14-4-2-3-13(11-14)12-23(20,21)17-7-10-18-8-5-16-6-9-18;;/h2-4,11,16-17H,5-10,12H2,1H3;2*1H. The summed E-state index contributed by atoms with van der Waals surface area (Å²) >= 11 is 0. The van der Waals surface area contributed by atoms with Crippen LogP contribution in [0, 0.1) is 0 Å². The number of halogens is 2. The van der Waals surface area contributed by atoms with Crippen molar-refractivity contribution >= 4 is 40.8 Å². The van der Waals surface area contributed by atoms with E-state index in [1.807, 2.05) is 0 Å². The molecule has 0 bridgehead atoms. The van der Waals surface area contributed by atoms with Crippen molar-refractivity contribution in [1.29, 1.82) is 0 Å². The lowest BCUT2D eigenvalue weighted by Gasteiger charge is -2.27. The van der Waals surface area contributed by atoms with Crippen molar-refractivity contribution in [2.24, 2.45) is 0 Å². The minimum Gasteiger partial charge on any atom is -0.465 e. The monoisotopic (exact) mass is 413 g/mol. The molecule has 25 heavy (non-hydrogen) atoms. The van der Waals surface area contributed by atoms with E-state index in [1.54, 1.807) is 24.3 Å². The Bertz CT molecular complexity index is 637. The molecule has 0 atom stereocenters. The highest BCUT2D eigenvalue weighted by Gasteiger charge is 2.15. The molecule has 7 nitrogen and oxygen atoms in total. The zero-order chi connectivity index (χ0) is 16.7. The second kappa shape index (κ2) is 11.7. The van der Waals surface area contributed by atoms with E-state index in [4.69, 9.17) is 0 Å². The number of piperazine rings is 1. The molecule has 1 saturated heterocycles. The normalized spacial score (nSPS) is 14.9. The van der Waals surface area contributed by atoms with Gasteiger partial charge in [-0.15, -0.1) is 24.8 Å². The Kier molecular flexibility index (Phi) is 11.2. The van der Waals surface area contributed by atoms with E-state index in [0.29, 0.717) is 24.2 Å². The number of sulfonamides is 1. The Morgan fingerprint density at radius 2 is 1.96 bits per heavy atom. The number of benzene rings is 1. The fourth-order valence-electron chi connectivity index (χ4n) is 2.47. The van der Waals surface area contributed by atoms with Crippen molar-refractivity contribution in [2.75, 3.05) is 46.4 Å². The maximum Gasteiger partial charge on any atom is 0.337 e. The third-order valence-corrected chi connectivity index (χ3v) is 5.02. The van der Waals surface area contributed by atoms with Gasteiger partial charge in [-0.1, -0.05) is 12.1 Å². The summed E-state index contributed by atoms with van der Waals surface area (Å²) in [5.74, 6) is -0.629. The van der Waals surface area contributed by atoms with Crippen LogP contribution in [-0.2, 0) is 20.5 Å². The van der Waals surface area contributed by atoms with Crippen LogP contribution in [0.4, 0.5) is 0 Å². The van der Waals surface area contributed by atoms with Crippen LogP contribution in [0.3, 0.4) is 0 Å². The highest BCUT2D eigenvalue weighted by atomic mass is 35.5. The van der Waals surface area contributed by atoms with Crippen molar-refractivity contribution < 1.29 is 17.9 Å². The van der Waals surface area contributed by atoms with E-state index in [1.165, 1.54) is 7.11 Å². The first-order valence-corrected chi connectivity index (χ1v) is 9.23. The summed E-state index contributed by atoms with van der Waals surface area (Å²) in [6.45, 7) is 4.83. The quantitative estimate of drug-likeness (QED) is 0.637. The van der Waals surface area contributed by atoms with Gasteiger partial charge in [-0.2, -0.15) is 0 Å². The van der Waals surface area contributed by atoms with Gasteiger partial charge in [0.15, 0.2) is 0 Å². The van der Waals surface area contributed by atoms with Gasteiger partial charge in [-0.25, -0.2) is 17.9 Å². The molecule has 1 aliphatic heterocycles. The number of ether oxygens (including phenoxy) is 1. The van der Waals surface area contributed by atoms with Crippen molar-refractivity contribution in [3.05, 3.63) is 35.4 Å². The number of rotatable bonds is 7. The van der Waals surface area contributed by atoms with Gasteiger partial charge in [0.05, 0.1) is 18.4 Å². The van der Waals surface area contributed by atoms with Gasteiger partial charge in [-0.3, -0.25) is 4.90 Å². The second-order valence-corrected chi connectivity index (χ2v) is 7.24. The van der Waals surface area contributed by atoms with Crippen LogP contribution in [0.5, 0.6) is 0 Å². The summed E-state index contributed by atoms with van der Waals surface area (Å²) in [7, 11) is -2.13. The number of methoxy groups -OCH3 is 1.